The van der Waals surface area contributed by atoms with Crippen molar-refractivity contribution >= 4 is 22.6 Å². The van der Waals surface area contributed by atoms with Crippen LogP contribution in [0.5, 0.6) is 0 Å². The summed E-state index contributed by atoms with van der Waals surface area (Å²) < 4.78 is 0.743. The Morgan fingerprint density at radius 2 is 1.75 bits per heavy atom. The van der Waals surface area contributed by atoms with Gasteiger partial charge < -0.3 is 0 Å². The molecule has 0 aliphatic carbocycles. The molecule has 0 aliphatic heterocycles. The maximum absolute atomic E-state index is 8.16. The molecular formula is C5H3IN2. The first-order valence-corrected chi connectivity index (χ1v) is 2.96. The monoisotopic (exact) mass is 218 g/mol. The highest BCUT2D eigenvalue weighted by molar-refractivity contribution is 14.1. The van der Waals surface area contributed by atoms with Crippen molar-refractivity contribution in [3.63, 3.8) is 0 Å². The van der Waals surface area contributed by atoms with Gasteiger partial charge in [-0.25, -0.2) is 0 Å². The van der Waals surface area contributed by atoms with Crippen LogP contribution in [0.1, 0.15) is 6.92 Å². The second-order valence-corrected chi connectivity index (χ2v) is 2.75. The van der Waals surface area contributed by atoms with Gasteiger partial charge in [0.25, 0.3) is 0 Å². The molecule has 3 heteroatoms. The molecule has 0 bridgehead atoms. The van der Waals surface area contributed by atoms with E-state index in [0.29, 0.717) is 0 Å². The van der Waals surface area contributed by atoms with E-state index in [-0.39, 0.29) is 5.57 Å². The summed E-state index contributed by atoms with van der Waals surface area (Å²) in [5, 5.41) is 16.3. The number of hydrogen-bond donors (Lipinski definition) is 0. The molecule has 0 saturated carbocycles. The third kappa shape index (κ3) is 1.94. The Kier molecular flexibility index (Phi) is 3.21. The van der Waals surface area contributed by atoms with Gasteiger partial charge in [0, 0.05) is 3.58 Å². The minimum atomic E-state index is 0.200. The van der Waals surface area contributed by atoms with Gasteiger partial charge in [0.2, 0.25) is 0 Å². The Morgan fingerprint density at radius 3 is 1.75 bits per heavy atom. The average Bonchev–Trinajstić information content (AvgIpc) is 1.69. The molecule has 0 spiro atoms. The molecule has 0 aromatic rings. The molecule has 8 heavy (non-hydrogen) atoms. The molecule has 0 aromatic carbocycles. The summed E-state index contributed by atoms with van der Waals surface area (Å²) in [6.45, 7) is 1.72. The summed E-state index contributed by atoms with van der Waals surface area (Å²) in [6.07, 6.45) is 0. The number of nitrogens with zero attached hydrogens (tertiary/aromatic N) is 2. The lowest BCUT2D eigenvalue weighted by Gasteiger charge is -1.79. The molecule has 0 fully saturated rings. The third-order valence-electron chi connectivity index (χ3n) is 0.568. The minimum absolute atomic E-state index is 0.200. The average molecular weight is 218 g/mol. The smallest absolute Gasteiger partial charge is 0.138 e. The van der Waals surface area contributed by atoms with Crippen molar-refractivity contribution in [2.75, 3.05) is 0 Å². The van der Waals surface area contributed by atoms with Crippen LogP contribution in [0.15, 0.2) is 9.15 Å². The fourth-order valence-corrected chi connectivity index (χ4v) is 0.420. The van der Waals surface area contributed by atoms with Crippen LogP contribution in [0.25, 0.3) is 0 Å². The summed E-state index contributed by atoms with van der Waals surface area (Å²) >= 11 is 1.94. The van der Waals surface area contributed by atoms with Gasteiger partial charge in [0.15, 0.2) is 0 Å². The Morgan fingerprint density at radius 1 is 1.38 bits per heavy atom. The zero-order chi connectivity index (χ0) is 6.57. The summed E-state index contributed by atoms with van der Waals surface area (Å²) in [6, 6.07) is 3.52. The quantitative estimate of drug-likeness (QED) is 0.459. The summed E-state index contributed by atoms with van der Waals surface area (Å²) in [5.41, 5.74) is 0.200. The van der Waals surface area contributed by atoms with Crippen molar-refractivity contribution in [3.05, 3.63) is 9.15 Å². The maximum Gasteiger partial charge on any atom is 0.138 e. The highest BCUT2D eigenvalue weighted by Crippen LogP contribution is 2.08. The predicted octanol–water partition coefficient (Wildman–Crippen LogP) is 1.74. The van der Waals surface area contributed by atoms with Crippen molar-refractivity contribution < 1.29 is 0 Å². The fraction of sp³-hybridized carbons (Fsp3) is 0.200. The largest absolute Gasteiger partial charge is 0.192 e. The summed E-state index contributed by atoms with van der Waals surface area (Å²) in [4.78, 5) is 0. The zero-order valence-corrected chi connectivity index (χ0v) is 6.43. The standard InChI is InChI=1S/C5H3IN2/c1-4(6)5(2-7)3-8/h1H3. The molecule has 0 aliphatic rings. The molecule has 0 unspecified atom stereocenters. The van der Waals surface area contributed by atoms with Gasteiger partial charge in [-0.15, -0.1) is 0 Å². The molecule has 0 aromatic heterocycles. The van der Waals surface area contributed by atoms with Crippen LogP contribution in [0, 0.1) is 22.7 Å². The zero-order valence-electron chi connectivity index (χ0n) is 4.27. The van der Waals surface area contributed by atoms with E-state index in [2.05, 4.69) is 0 Å². The Balaban J connectivity index is 4.47. The van der Waals surface area contributed by atoms with E-state index in [1.165, 1.54) is 0 Å². The van der Waals surface area contributed by atoms with Gasteiger partial charge >= 0.3 is 0 Å². The van der Waals surface area contributed by atoms with Crippen LogP contribution in [0.3, 0.4) is 0 Å². The number of rotatable bonds is 0. The van der Waals surface area contributed by atoms with Crippen molar-refractivity contribution in [2.24, 2.45) is 0 Å². The van der Waals surface area contributed by atoms with E-state index in [0.717, 1.165) is 3.58 Å². The topological polar surface area (TPSA) is 47.6 Å². The van der Waals surface area contributed by atoms with Crippen LogP contribution >= 0.6 is 22.6 Å². The van der Waals surface area contributed by atoms with E-state index in [1.807, 2.05) is 22.6 Å². The second kappa shape index (κ2) is 3.45. The first kappa shape index (κ1) is 7.45. The number of allylic oxidation sites excluding steroid dienone is 2. The Labute approximate surface area is 61.6 Å². The van der Waals surface area contributed by atoms with Gasteiger partial charge in [-0.3, -0.25) is 0 Å². The molecule has 0 atom stereocenters. The Bertz CT molecular complexity index is 171. The predicted molar refractivity (Wildman–Crippen MR) is 37.9 cm³/mol. The lowest BCUT2D eigenvalue weighted by Crippen LogP contribution is -1.70. The van der Waals surface area contributed by atoms with Crippen LogP contribution in [-0.2, 0) is 0 Å². The van der Waals surface area contributed by atoms with E-state index >= 15 is 0 Å². The van der Waals surface area contributed by atoms with Gasteiger partial charge in [0.1, 0.15) is 17.7 Å². The van der Waals surface area contributed by atoms with Crippen LogP contribution in [0.2, 0.25) is 0 Å². The van der Waals surface area contributed by atoms with E-state index in [4.69, 9.17) is 10.5 Å². The van der Waals surface area contributed by atoms with Crippen molar-refractivity contribution in [2.45, 2.75) is 6.92 Å². The highest BCUT2D eigenvalue weighted by atomic mass is 127. The molecule has 0 N–H and O–H groups in total. The van der Waals surface area contributed by atoms with Crippen LogP contribution < -0.4 is 0 Å². The first-order chi connectivity index (χ1) is 3.72. The molecular weight excluding hydrogens is 215 g/mol. The molecule has 2 nitrogen and oxygen atoms in total. The highest BCUT2D eigenvalue weighted by Gasteiger charge is 1.92. The molecule has 0 heterocycles. The van der Waals surface area contributed by atoms with Crippen molar-refractivity contribution in [3.8, 4) is 12.1 Å². The lowest BCUT2D eigenvalue weighted by atomic mass is 10.3. The summed E-state index contributed by atoms with van der Waals surface area (Å²) in [7, 11) is 0. The molecule has 0 amide bonds. The van der Waals surface area contributed by atoms with E-state index in [1.54, 1.807) is 19.1 Å². The van der Waals surface area contributed by atoms with Crippen molar-refractivity contribution in [1.29, 1.82) is 10.5 Å². The van der Waals surface area contributed by atoms with Crippen LogP contribution in [-0.4, -0.2) is 0 Å². The lowest BCUT2D eigenvalue weighted by molar-refractivity contribution is 1.45. The van der Waals surface area contributed by atoms with Gasteiger partial charge in [-0.05, 0) is 29.5 Å². The van der Waals surface area contributed by atoms with E-state index < -0.39 is 0 Å². The molecule has 40 valence electrons. The minimum Gasteiger partial charge on any atom is -0.192 e. The van der Waals surface area contributed by atoms with E-state index in [9.17, 15) is 0 Å². The van der Waals surface area contributed by atoms with Crippen molar-refractivity contribution in [1.82, 2.24) is 0 Å². The normalized spacial score (nSPS) is 6.50. The van der Waals surface area contributed by atoms with Gasteiger partial charge in [0.05, 0.1) is 0 Å². The number of halogens is 1. The van der Waals surface area contributed by atoms with Gasteiger partial charge in [-0.1, -0.05) is 0 Å². The van der Waals surface area contributed by atoms with Gasteiger partial charge in [-0.2, -0.15) is 10.5 Å². The SMILES string of the molecule is CC(I)=C(C#N)C#N. The van der Waals surface area contributed by atoms with Crippen LogP contribution in [0.4, 0.5) is 0 Å². The fourth-order valence-electron chi connectivity index (χ4n) is 0.179. The maximum atomic E-state index is 8.16. The second-order valence-electron chi connectivity index (χ2n) is 1.13. The number of nitriles is 2. The molecule has 0 rings (SSSR count). The first-order valence-electron chi connectivity index (χ1n) is 1.89. The summed E-state index contributed by atoms with van der Waals surface area (Å²) in [5.74, 6) is 0. The Hall–Kier alpha value is -0.550. The molecule has 0 saturated heterocycles. The molecule has 0 radical (unpaired) electrons. The third-order valence-corrected chi connectivity index (χ3v) is 1.11. The number of hydrogen-bond acceptors (Lipinski definition) is 2.